The first kappa shape index (κ1) is 34.9. The van der Waals surface area contributed by atoms with Gasteiger partial charge in [0.25, 0.3) is 11.8 Å². The number of aldehydes is 1. The fraction of sp³-hybridized carbons (Fsp3) is 0.300. The van der Waals surface area contributed by atoms with Crippen LogP contribution in [0.15, 0.2) is 60.8 Å². The highest BCUT2D eigenvalue weighted by molar-refractivity contribution is 6.03. The number of aliphatic hydroxyl groups excluding tert-OH is 1. The van der Waals surface area contributed by atoms with E-state index >= 15 is 0 Å². The zero-order valence-corrected chi connectivity index (χ0v) is 24.5. The molecule has 0 unspecified atom stereocenters. The normalized spacial score (nSPS) is 13.3. The van der Waals surface area contributed by atoms with Crippen LogP contribution in [-0.2, 0) is 36.8 Å². The van der Waals surface area contributed by atoms with Gasteiger partial charge in [-0.1, -0.05) is 48.5 Å². The minimum atomic E-state index is -1.63. The van der Waals surface area contributed by atoms with E-state index in [1.165, 1.54) is 0 Å². The Labute approximate surface area is 262 Å². The van der Waals surface area contributed by atoms with E-state index in [9.17, 15) is 38.7 Å². The van der Waals surface area contributed by atoms with Gasteiger partial charge < -0.3 is 41.7 Å². The van der Waals surface area contributed by atoms with Gasteiger partial charge in [-0.2, -0.15) is 0 Å². The second kappa shape index (κ2) is 17.0. The molecule has 1 aromatic heterocycles. The van der Waals surface area contributed by atoms with Crippen molar-refractivity contribution >= 4 is 52.9 Å². The average Bonchev–Trinajstić information content (AvgIpc) is 3.44. The highest BCUT2D eigenvalue weighted by atomic mass is 16.4. The molecule has 2 aromatic carbocycles. The molecule has 0 aliphatic rings. The molecule has 0 saturated carbocycles. The number of carbonyl (C=O) groups excluding carboxylic acids is 6. The zero-order valence-electron chi connectivity index (χ0n) is 24.5. The number of aromatic amines is 1. The Balaban J connectivity index is 1.68. The number of nitrogens with two attached hydrogens (primary N) is 1. The summed E-state index contributed by atoms with van der Waals surface area (Å²) < 4.78 is 0. The lowest BCUT2D eigenvalue weighted by Crippen LogP contribution is -2.58. The molecule has 0 radical (unpaired) electrons. The van der Waals surface area contributed by atoms with E-state index in [0.29, 0.717) is 11.8 Å². The summed E-state index contributed by atoms with van der Waals surface area (Å²) in [5, 5.41) is 30.0. The molecule has 16 nitrogen and oxygen atoms in total. The summed E-state index contributed by atoms with van der Waals surface area (Å²) in [6.45, 7) is -0.934. The van der Waals surface area contributed by atoms with Gasteiger partial charge in [0, 0.05) is 29.9 Å². The maximum absolute atomic E-state index is 13.2. The van der Waals surface area contributed by atoms with Gasteiger partial charge in [-0.25, -0.2) is 9.59 Å². The number of hydrogen-bond acceptors (Lipinski definition) is 9. The second-order valence-electron chi connectivity index (χ2n) is 10.3. The summed E-state index contributed by atoms with van der Waals surface area (Å²) in [6.07, 6.45) is 1.52. The molecule has 46 heavy (non-hydrogen) atoms. The number of urea groups is 2. The average molecular weight is 638 g/mol. The predicted molar refractivity (Wildman–Crippen MR) is 163 cm³/mol. The van der Waals surface area contributed by atoms with E-state index in [4.69, 9.17) is 10.8 Å². The lowest BCUT2D eigenvalue weighted by atomic mass is 10.0. The smallest absolute Gasteiger partial charge is 0.322 e. The van der Waals surface area contributed by atoms with Crippen molar-refractivity contribution in [3.63, 3.8) is 0 Å². The molecule has 244 valence electrons. The molecule has 1 heterocycles. The van der Waals surface area contributed by atoms with Gasteiger partial charge in [-0.15, -0.1) is 0 Å². The van der Waals surface area contributed by atoms with Crippen LogP contribution in [0.4, 0.5) is 9.59 Å². The Hall–Kier alpha value is -5.61. The number of H-pyrrole nitrogens is 1. The van der Waals surface area contributed by atoms with E-state index < -0.39 is 72.9 Å². The maximum atomic E-state index is 13.2. The monoisotopic (exact) mass is 637 g/mol. The van der Waals surface area contributed by atoms with Gasteiger partial charge in [-0.05, 0) is 30.0 Å². The molecule has 0 aliphatic carbocycles. The number of aliphatic hydroxyl groups is 1. The van der Waals surface area contributed by atoms with E-state index in [-0.39, 0.29) is 19.3 Å². The van der Waals surface area contributed by atoms with Crippen molar-refractivity contribution in [3.8, 4) is 0 Å². The van der Waals surface area contributed by atoms with Crippen molar-refractivity contribution in [1.29, 1.82) is 0 Å². The van der Waals surface area contributed by atoms with Crippen molar-refractivity contribution in [2.24, 2.45) is 5.73 Å². The number of fused-ring (bicyclic) bond motifs is 1. The van der Waals surface area contributed by atoms with Crippen LogP contribution in [0.25, 0.3) is 10.9 Å². The molecule has 10 N–H and O–H groups in total. The Morgan fingerprint density at radius 3 is 2.09 bits per heavy atom. The fourth-order valence-corrected chi connectivity index (χ4v) is 4.41. The Morgan fingerprint density at radius 2 is 1.43 bits per heavy atom. The maximum Gasteiger partial charge on any atom is 0.322 e. The van der Waals surface area contributed by atoms with Gasteiger partial charge >= 0.3 is 18.0 Å². The molecule has 0 spiro atoms. The van der Waals surface area contributed by atoms with Crippen LogP contribution in [-0.4, -0.2) is 88.0 Å². The van der Waals surface area contributed by atoms with Crippen LogP contribution < -0.4 is 32.3 Å². The standard InChI is InChI=1S/C30H35N7O9/c31-21(10-11-25(40)41)26(42)34-24(16-39)28(44)37-30(46)35-23(13-18-14-32-22-9-5-4-8-20(18)22)27(43)36-29(45)33-19(15-38)12-17-6-2-1-3-7-17/h1-9,14-15,19,21,23-24,32,39H,10-13,16,31H2,(H,34,42)(H,40,41)(H2,33,36,43,45)(H2,35,37,44,46)/t19-,21+,23-,24+/m1/s1. The molecule has 7 amide bonds. The summed E-state index contributed by atoms with van der Waals surface area (Å²) in [6, 6.07) is 8.50. The molecule has 0 saturated heterocycles. The first-order valence-electron chi connectivity index (χ1n) is 14.2. The number of carbonyl (C=O) groups is 7. The third kappa shape index (κ3) is 10.5. The van der Waals surface area contributed by atoms with E-state index in [1.54, 1.807) is 60.8 Å². The summed E-state index contributed by atoms with van der Waals surface area (Å²) in [5.74, 6) is -4.24. The number of rotatable bonds is 15. The number of aromatic nitrogens is 1. The number of carboxylic acids is 1. The molecule has 16 heteroatoms. The third-order valence-corrected chi connectivity index (χ3v) is 6.79. The van der Waals surface area contributed by atoms with Gasteiger partial charge in [0.05, 0.1) is 18.7 Å². The van der Waals surface area contributed by atoms with E-state index in [2.05, 4.69) is 26.3 Å². The number of hydrogen-bond donors (Lipinski definition) is 9. The molecular formula is C30H35N7O9. The zero-order chi connectivity index (χ0) is 33.6. The number of amides is 7. The van der Waals surface area contributed by atoms with Crippen molar-refractivity contribution in [2.75, 3.05) is 6.61 Å². The first-order chi connectivity index (χ1) is 22.0. The van der Waals surface area contributed by atoms with Crippen LogP contribution >= 0.6 is 0 Å². The highest BCUT2D eigenvalue weighted by Gasteiger charge is 2.28. The molecule has 4 atom stereocenters. The van der Waals surface area contributed by atoms with Gasteiger partial charge in [0.2, 0.25) is 5.91 Å². The first-order valence-corrected chi connectivity index (χ1v) is 14.2. The number of para-hydroxylation sites is 1. The molecule has 3 rings (SSSR count). The van der Waals surface area contributed by atoms with Gasteiger partial charge in [0.15, 0.2) is 0 Å². The molecule has 3 aromatic rings. The van der Waals surface area contributed by atoms with Crippen LogP contribution in [0.3, 0.4) is 0 Å². The van der Waals surface area contributed by atoms with Crippen LogP contribution in [0.5, 0.6) is 0 Å². The molecule has 0 aliphatic heterocycles. The summed E-state index contributed by atoms with van der Waals surface area (Å²) >= 11 is 0. The summed E-state index contributed by atoms with van der Waals surface area (Å²) in [5.41, 5.74) is 7.73. The molecular weight excluding hydrogens is 602 g/mol. The Bertz CT molecular complexity index is 1560. The van der Waals surface area contributed by atoms with E-state index in [1.807, 2.05) is 5.32 Å². The van der Waals surface area contributed by atoms with Crippen molar-refractivity contribution in [3.05, 3.63) is 71.9 Å². The quantitative estimate of drug-likeness (QED) is 0.0938. The summed E-state index contributed by atoms with van der Waals surface area (Å²) in [4.78, 5) is 89.0. The van der Waals surface area contributed by atoms with E-state index in [0.717, 1.165) is 16.5 Å². The van der Waals surface area contributed by atoms with Crippen LogP contribution in [0.2, 0.25) is 0 Å². The lowest BCUT2D eigenvalue weighted by Gasteiger charge is -2.21. The number of nitrogens with one attached hydrogen (secondary N) is 6. The Morgan fingerprint density at radius 1 is 0.804 bits per heavy atom. The van der Waals surface area contributed by atoms with Gasteiger partial charge in [0.1, 0.15) is 18.4 Å². The van der Waals surface area contributed by atoms with Crippen molar-refractivity contribution < 1.29 is 43.8 Å². The number of carboxylic acid groups (broad SMARTS) is 1. The lowest BCUT2D eigenvalue weighted by molar-refractivity contribution is -0.137. The minimum absolute atomic E-state index is 0.134. The Kier molecular flexibility index (Phi) is 12.9. The predicted octanol–water partition coefficient (Wildman–Crippen LogP) is -0.790. The largest absolute Gasteiger partial charge is 0.481 e. The van der Waals surface area contributed by atoms with Crippen molar-refractivity contribution in [1.82, 2.24) is 31.6 Å². The minimum Gasteiger partial charge on any atom is -0.481 e. The van der Waals surface area contributed by atoms with Crippen LogP contribution in [0, 0.1) is 0 Å². The van der Waals surface area contributed by atoms with Crippen molar-refractivity contribution in [2.45, 2.75) is 49.9 Å². The fourth-order valence-electron chi connectivity index (χ4n) is 4.41. The number of aliphatic carboxylic acids is 1. The third-order valence-electron chi connectivity index (χ3n) is 6.79. The number of imide groups is 2. The molecule has 0 fully saturated rings. The van der Waals surface area contributed by atoms with Crippen LogP contribution in [0.1, 0.15) is 24.0 Å². The number of benzene rings is 2. The van der Waals surface area contributed by atoms with Gasteiger partial charge in [-0.3, -0.25) is 29.8 Å². The highest BCUT2D eigenvalue weighted by Crippen LogP contribution is 2.19. The topological polar surface area (TPSA) is 262 Å². The second-order valence-corrected chi connectivity index (χ2v) is 10.3. The summed E-state index contributed by atoms with van der Waals surface area (Å²) in [7, 11) is 0. The SMILES string of the molecule is N[C@@H](CCC(=O)O)C(=O)N[C@@H](CO)C(=O)NC(=O)N[C@H](Cc1c[nH]c2ccccc12)C(=O)NC(=O)N[C@@H](C=O)Cc1ccccc1. The molecule has 0 bridgehead atoms.